The molecule has 1 amide bonds. The molecule has 1 N–H and O–H groups in total. The van der Waals surface area contributed by atoms with Gasteiger partial charge in [-0.1, -0.05) is 41.9 Å². The van der Waals surface area contributed by atoms with Crippen LogP contribution in [0.15, 0.2) is 48.7 Å². The van der Waals surface area contributed by atoms with E-state index in [4.69, 9.17) is 11.6 Å². The van der Waals surface area contributed by atoms with Crippen LogP contribution in [0, 0.1) is 12.3 Å². The SMILES string of the molecule is Cc1nc(C(=O)N2CCC3(CC3)C[C@H]2CNc2ccc(Cl)cn2)c(-c2ccccc2)s1. The van der Waals surface area contributed by atoms with E-state index in [9.17, 15) is 4.79 Å². The average Bonchev–Trinajstić information content (AvgIpc) is 3.42. The van der Waals surface area contributed by atoms with Crippen LogP contribution in [0.4, 0.5) is 5.82 Å². The average molecular weight is 453 g/mol. The zero-order valence-electron chi connectivity index (χ0n) is 17.5. The highest BCUT2D eigenvalue weighted by atomic mass is 35.5. The van der Waals surface area contributed by atoms with Crippen molar-refractivity contribution in [1.82, 2.24) is 14.9 Å². The normalized spacial score (nSPS) is 19.4. The molecule has 1 aromatic carbocycles. The Balaban J connectivity index is 1.39. The summed E-state index contributed by atoms with van der Waals surface area (Å²) in [5, 5.41) is 4.94. The first-order valence-corrected chi connectivity index (χ1v) is 11.9. The minimum absolute atomic E-state index is 0.0366. The maximum Gasteiger partial charge on any atom is 0.274 e. The number of pyridine rings is 1. The number of aryl methyl sites for hydroxylation is 1. The summed E-state index contributed by atoms with van der Waals surface area (Å²) in [5.74, 6) is 0.816. The number of carbonyl (C=O) groups is 1. The number of amides is 1. The molecule has 3 heterocycles. The Bertz CT molecular complexity index is 1080. The van der Waals surface area contributed by atoms with E-state index in [1.807, 2.05) is 54.3 Å². The van der Waals surface area contributed by atoms with Gasteiger partial charge in [0.05, 0.1) is 14.9 Å². The van der Waals surface area contributed by atoms with E-state index < -0.39 is 0 Å². The number of likely N-dealkylation sites (tertiary alicyclic amines) is 1. The second-order valence-corrected chi connectivity index (χ2v) is 10.3. The predicted octanol–water partition coefficient (Wildman–Crippen LogP) is 5.66. The van der Waals surface area contributed by atoms with Gasteiger partial charge in [-0.05, 0) is 55.7 Å². The number of piperidine rings is 1. The van der Waals surface area contributed by atoms with Gasteiger partial charge >= 0.3 is 0 Å². The van der Waals surface area contributed by atoms with E-state index >= 15 is 0 Å². The van der Waals surface area contributed by atoms with Crippen LogP contribution in [0.5, 0.6) is 0 Å². The minimum atomic E-state index is 0.0366. The number of aromatic nitrogens is 2. The van der Waals surface area contributed by atoms with E-state index in [0.717, 1.165) is 40.7 Å². The fourth-order valence-electron chi connectivity index (χ4n) is 4.53. The summed E-state index contributed by atoms with van der Waals surface area (Å²) >= 11 is 7.54. The number of carbonyl (C=O) groups excluding carboxylic acids is 1. The molecule has 2 aromatic heterocycles. The fraction of sp³-hybridized carbons (Fsp3) is 0.375. The third kappa shape index (κ3) is 4.32. The fourth-order valence-corrected chi connectivity index (χ4v) is 5.56. The lowest BCUT2D eigenvalue weighted by Crippen LogP contribution is -2.50. The topological polar surface area (TPSA) is 58.1 Å². The molecule has 7 heteroatoms. The van der Waals surface area contributed by atoms with Crippen molar-refractivity contribution in [1.29, 1.82) is 0 Å². The van der Waals surface area contributed by atoms with Crippen LogP contribution in [0.3, 0.4) is 0 Å². The molecule has 2 aliphatic rings. The zero-order valence-corrected chi connectivity index (χ0v) is 19.0. The Hall–Kier alpha value is -2.44. The lowest BCUT2D eigenvalue weighted by molar-refractivity contribution is 0.0541. The molecule has 2 fully saturated rings. The summed E-state index contributed by atoms with van der Waals surface area (Å²) in [7, 11) is 0. The standard InChI is InChI=1S/C24H25ClN4OS/c1-16-28-21(22(31-16)17-5-3-2-4-6-17)23(30)29-12-11-24(9-10-24)13-19(29)15-27-20-8-7-18(25)14-26-20/h2-8,14,19H,9-13,15H2,1H3,(H,26,27)/t19-/m0/s1. The van der Waals surface area contributed by atoms with Crippen molar-refractivity contribution in [3.63, 3.8) is 0 Å². The Morgan fingerprint density at radius 3 is 2.74 bits per heavy atom. The molecule has 3 aromatic rings. The molecule has 0 radical (unpaired) electrons. The maximum absolute atomic E-state index is 13.7. The third-order valence-corrected chi connectivity index (χ3v) is 7.67. The number of hydrogen-bond acceptors (Lipinski definition) is 5. The maximum atomic E-state index is 13.7. The highest BCUT2D eigenvalue weighted by Gasteiger charge is 2.49. The first-order chi connectivity index (χ1) is 15.0. The van der Waals surface area contributed by atoms with E-state index in [2.05, 4.69) is 15.3 Å². The molecule has 31 heavy (non-hydrogen) atoms. The van der Waals surface area contributed by atoms with Crippen molar-refractivity contribution in [2.24, 2.45) is 5.41 Å². The summed E-state index contributed by atoms with van der Waals surface area (Å²) in [4.78, 5) is 25.7. The molecular weight excluding hydrogens is 428 g/mol. The number of hydrogen-bond donors (Lipinski definition) is 1. The summed E-state index contributed by atoms with van der Waals surface area (Å²) in [6, 6.07) is 13.9. The van der Waals surface area contributed by atoms with Crippen molar-refractivity contribution >= 4 is 34.7 Å². The lowest BCUT2D eigenvalue weighted by Gasteiger charge is -2.40. The molecule has 160 valence electrons. The summed E-state index contributed by atoms with van der Waals surface area (Å²) in [5.41, 5.74) is 2.05. The van der Waals surface area contributed by atoms with Gasteiger partial charge in [-0.3, -0.25) is 4.79 Å². The van der Waals surface area contributed by atoms with Crippen molar-refractivity contribution in [2.45, 2.75) is 38.6 Å². The second-order valence-electron chi connectivity index (χ2n) is 8.63. The molecule has 1 saturated carbocycles. The Morgan fingerprint density at radius 1 is 1.23 bits per heavy atom. The van der Waals surface area contributed by atoms with Gasteiger partial charge in [0.15, 0.2) is 0 Å². The summed E-state index contributed by atoms with van der Waals surface area (Å²) in [6.45, 7) is 3.42. The molecule has 1 saturated heterocycles. The molecule has 5 nitrogen and oxygen atoms in total. The zero-order chi connectivity index (χ0) is 21.4. The number of anilines is 1. The van der Waals surface area contributed by atoms with Gasteiger partial charge in [0.2, 0.25) is 0 Å². The number of nitrogens with zero attached hydrogens (tertiary/aromatic N) is 3. The number of nitrogens with one attached hydrogen (secondary N) is 1. The largest absolute Gasteiger partial charge is 0.368 e. The van der Waals surface area contributed by atoms with Gasteiger partial charge in [0, 0.05) is 25.3 Å². The number of thiazole rings is 1. The molecule has 0 bridgehead atoms. The number of halogens is 1. The first kappa shape index (κ1) is 20.5. The van der Waals surface area contributed by atoms with Crippen LogP contribution in [-0.2, 0) is 0 Å². The smallest absolute Gasteiger partial charge is 0.274 e. The molecule has 1 aliphatic carbocycles. The molecule has 1 atom stereocenters. The van der Waals surface area contributed by atoms with Crippen LogP contribution in [0.2, 0.25) is 5.02 Å². The Labute approximate surface area is 191 Å². The van der Waals surface area contributed by atoms with Gasteiger partial charge in [-0.25, -0.2) is 9.97 Å². The lowest BCUT2D eigenvalue weighted by atomic mass is 9.87. The molecule has 1 aliphatic heterocycles. The molecular formula is C24H25ClN4OS. The van der Waals surface area contributed by atoms with E-state index in [-0.39, 0.29) is 11.9 Å². The predicted molar refractivity (Wildman–Crippen MR) is 126 cm³/mol. The van der Waals surface area contributed by atoms with E-state index in [1.165, 1.54) is 12.8 Å². The highest BCUT2D eigenvalue weighted by molar-refractivity contribution is 7.15. The van der Waals surface area contributed by atoms with Gasteiger partial charge in [-0.15, -0.1) is 11.3 Å². The van der Waals surface area contributed by atoms with Crippen LogP contribution in [0.25, 0.3) is 10.4 Å². The van der Waals surface area contributed by atoms with Crippen molar-refractivity contribution < 1.29 is 4.79 Å². The first-order valence-electron chi connectivity index (χ1n) is 10.7. The van der Waals surface area contributed by atoms with Crippen LogP contribution < -0.4 is 5.32 Å². The van der Waals surface area contributed by atoms with Crippen LogP contribution >= 0.6 is 22.9 Å². The second kappa shape index (κ2) is 8.24. The quantitative estimate of drug-likeness (QED) is 0.542. The number of rotatable bonds is 5. The van der Waals surface area contributed by atoms with Gasteiger partial charge < -0.3 is 10.2 Å². The van der Waals surface area contributed by atoms with Gasteiger partial charge in [0.1, 0.15) is 11.5 Å². The van der Waals surface area contributed by atoms with E-state index in [1.54, 1.807) is 17.5 Å². The Morgan fingerprint density at radius 2 is 2.03 bits per heavy atom. The molecule has 0 unspecified atom stereocenters. The van der Waals surface area contributed by atoms with Crippen molar-refractivity contribution in [2.75, 3.05) is 18.4 Å². The van der Waals surface area contributed by atoms with Crippen LogP contribution in [0.1, 0.15) is 41.2 Å². The minimum Gasteiger partial charge on any atom is -0.368 e. The van der Waals surface area contributed by atoms with Crippen molar-refractivity contribution in [3.8, 4) is 10.4 Å². The van der Waals surface area contributed by atoms with Gasteiger partial charge in [-0.2, -0.15) is 0 Å². The summed E-state index contributed by atoms with van der Waals surface area (Å²) < 4.78 is 0. The highest BCUT2D eigenvalue weighted by Crippen LogP contribution is 2.55. The van der Waals surface area contributed by atoms with Crippen molar-refractivity contribution in [3.05, 3.63) is 64.4 Å². The Kier molecular flexibility index (Phi) is 5.44. The van der Waals surface area contributed by atoms with Crippen LogP contribution in [-0.4, -0.2) is 39.9 Å². The van der Waals surface area contributed by atoms with E-state index in [0.29, 0.717) is 22.7 Å². The monoisotopic (exact) mass is 452 g/mol. The molecule has 5 rings (SSSR count). The van der Waals surface area contributed by atoms with Gasteiger partial charge in [0.25, 0.3) is 5.91 Å². The molecule has 1 spiro atoms. The number of benzene rings is 1. The third-order valence-electron chi connectivity index (χ3n) is 6.43. The summed E-state index contributed by atoms with van der Waals surface area (Å²) in [6.07, 6.45) is 6.30.